The molecule has 0 aliphatic rings. The molecule has 0 aliphatic heterocycles. The maximum Gasteiger partial charge on any atom is 0.338 e. The molecule has 0 amide bonds. The summed E-state index contributed by atoms with van der Waals surface area (Å²) in [4.78, 5) is 24.4. The summed E-state index contributed by atoms with van der Waals surface area (Å²) in [5.74, 6) is -0.970. The minimum atomic E-state index is -0.604. The molecule has 1 rings (SSSR count). The van der Waals surface area contributed by atoms with Gasteiger partial charge in [-0.25, -0.2) is 9.59 Å². The number of hydrogen-bond acceptors (Lipinski definition) is 4. The van der Waals surface area contributed by atoms with Gasteiger partial charge < -0.3 is 9.47 Å². The Morgan fingerprint density at radius 3 is 1.50 bits per heavy atom. The summed E-state index contributed by atoms with van der Waals surface area (Å²) < 4.78 is 10.7. The van der Waals surface area contributed by atoms with Crippen LogP contribution in [0.4, 0.5) is 0 Å². The van der Waals surface area contributed by atoms with Crippen molar-refractivity contribution in [1.82, 2.24) is 0 Å². The Bertz CT molecular complexity index is 540. The van der Waals surface area contributed by atoms with Crippen LogP contribution in [-0.4, -0.2) is 23.1 Å². The molecule has 0 radical (unpaired) electrons. The Hall–Kier alpha value is -2.10. The molecule has 0 bridgehead atoms. The lowest BCUT2D eigenvalue weighted by atomic mass is 10.0. The molecule has 0 atom stereocenters. The van der Waals surface area contributed by atoms with Crippen LogP contribution in [0, 0.1) is 0 Å². The van der Waals surface area contributed by atoms with E-state index in [4.69, 9.17) is 9.47 Å². The van der Waals surface area contributed by atoms with Gasteiger partial charge in [-0.2, -0.15) is 0 Å². The van der Waals surface area contributed by atoms with Crippen LogP contribution in [0.1, 0.15) is 67.8 Å². The molecule has 0 heterocycles. The number of benzene rings is 1. The predicted molar refractivity (Wildman–Crippen MR) is 86.9 cm³/mol. The van der Waals surface area contributed by atoms with E-state index < -0.39 is 23.1 Å². The minimum Gasteiger partial charge on any atom is -0.456 e. The summed E-state index contributed by atoms with van der Waals surface area (Å²) in [6.45, 7) is 14.4. The second kappa shape index (κ2) is 6.34. The van der Waals surface area contributed by atoms with Crippen molar-refractivity contribution in [3.8, 4) is 0 Å². The molecule has 0 aliphatic carbocycles. The summed E-state index contributed by atoms with van der Waals surface area (Å²) in [6.07, 6.45) is 1.57. The summed E-state index contributed by atoms with van der Waals surface area (Å²) in [5, 5.41) is 0. The lowest BCUT2D eigenvalue weighted by Gasteiger charge is -2.21. The van der Waals surface area contributed by atoms with Gasteiger partial charge in [0.2, 0.25) is 0 Å². The molecular weight excluding hydrogens is 280 g/mol. The number of hydrogen-bond donors (Lipinski definition) is 0. The molecule has 0 spiro atoms. The Morgan fingerprint density at radius 2 is 1.23 bits per heavy atom. The van der Waals surface area contributed by atoms with Gasteiger partial charge in [-0.05, 0) is 65.3 Å². The van der Waals surface area contributed by atoms with Crippen LogP contribution in [0.2, 0.25) is 0 Å². The molecule has 0 N–H and O–H groups in total. The Balaban J connectivity index is 3.16. The maximum absolute atomic E-state index is 12.2. The molecule has 0 saturated heterocycles. The van der Waals surface area contributed by atoms with E-state index in [0.717, 1.165) is 0 Å². The fraction of sp³-hybridized carbons (Fsp3) is 0.444. The molecule has 4 nitrogen and oxygen atoms in total. The van der Waals surface area contributed by atoms with Crippen LogP contribution in [0.5, 0.6) is 0 Å². The first-order valence-electron chi connectivity index (χ1n) is 7.15. The van der Waals surface area contributed by atoms with Crippen molar-refractivity contribution in [3.63, 3.8) is 0 Å². The van der Waals surface area contributed by atoms with Crippen molar-refractivity contribution < 1.29 is 19.1 Å². The highest BCUT2D eigenvalue weighted by molar-refractivity contribution is 5.96. The minimum absolute atomic E-state index is 0.299. The third-order valence-electron chi connectivity index (χ3n) is 2.46. The highest BCUT2D eigenvalue weighted by atomic mass is 16.6. The second-order valence-corrected chi connectivity index (χ2v) is 7.05. The van der Waals surface area contributed by atoms with E-state index in [0.29, 0.717) is 16.7 Å². The third kappa shape index (κ3) is 5.72. The van der Waals surface area contributed by atoms with Gasteiger partial charge in [-0.3, -0.25) is 0 Å². The zero-order valence-electron chi connectivity index (χ0n) is 14.1. The molecule has 0 aromatic heterocycles. The zero-order valence-corrected chi connectivity index (χ0v) is 14.1. The molecule has 1 aromatic rings. The summed E-state index contributed by atoms with van der Waals surface area (Å²) >= 11 is 0. The van der Waals surface area contributed by atoms with Crippen LogP contribution in [0.3, 0.4) is 0 Å². The molecule has 0 fully saturated rings. The van der Waals surface area contributed by atoms with E-state index in [1.807, 2.05) is 0 Å². The number of carbonyl (C=O) groups is 2. The highest BCUT2D eigenvalue weighted by Crippen LogP contribution is 2.19. The van der Waals surface area contributed by atoms with Gasteiger partial charge in [0, 0.05) is 0 Å². The van der Waals surface area contributed by atoms with Crippen molar-refractivity contribution in [2.75, 3.05) is 0 Å². The summed E-state index contributed by atoms with van der Waals surface area (Å²) in [6, 6.07) is 4.75. The monoisotopic (exact) mass is 304 g/mol. The fourth-order valence-electron chi connectivity index (χ4n) is 1.68. The van der Waals surface area contributed by atoms with Crippen molar-refractivity contribution in [2.45, 2.75) is 52.7 Å². The topological polar surface area (TPSA) is 52.6 Å². The van der Waals surface area contributed by atoms with E-state index in [1.165, 1.54) is 6.07 Å². The van der Waals surface area contributed by atoms with Crippen molar-refractivity contribution in [1.29, 1.82) is 0 Å². The average Bonchev–Trinajstić information content (AvgIpc) is 2.34. The van der Waals surface area contributed by atoms with E-state index in [-0.39, 0.29) is 0 Å². The Morgan fingerprint density at radius 1 is 0.864 bits per heavy atom. The first-order chi connectivity index (χ1) is 9.91. The Kier molecular flexibility index (Phi) is 5.17. The lowest BCUT2D eigenvalue weighted by molar-refractivity contribution is 0.00676. The van der Waals surface area contributed by atoms with Crippen LogP contribution in [0.15, 0.2) is 24.8 Å². The Labute approximate surface area is 132 Å². The molecule has 0 unspecified atom stereocenters. The average molecular weight is 304 g/mol. The number of carbonyl (C=O) groups excluding carboxylic acids is 2. The van der Waals surface area contributed by atoms with Gasteiger partial charge in [0.1, 0.15) is 11.2 Å². The van der Waals surface area contributed by atoms with E-state index >= 15 is 0 Å². The van der Waals surface area contributed by atoms with Crippen LogP contribution in [0.25, 0.3) is 6.08 Å². The quantitative estimate of drug-likeness (QED) is 0.784. The molecule has 0 saturated carbocycles. The highest BCUT2D eigenvalue weighted by Gasteiger charge is 2.22. The normalized spacial score (nSPS) is 11.7. The number of esters is 2. The smallest absolute Gasteiger partial charge is 0.338 e. The van der Waals surface area contributed by atoms with Crippen molar-refractivity contribution in [3.05, 3.63) is 41.5 Å². The fourth-order valence-corrected chi connectivity index (χ4v) is 1.68. The van der Waals surface area contributed by atoms with E-state index in [9.17, 15) is 9.59 Å². The largest absolute Gasteiger partial charge is 0.456 e. The molecule has 4 heteroatoms. The molecule has 22 heavy (non-hydrogen) atoms. The number of ether oxygens (including phenoxy) is 2. The van der Waals surface area contributed by atoms with Crippen molar-refractivity contribution >= 4 is 18.0 Å². The standard InChI is InChI=1S/C18H24O4/c1-8-12-9-13(15(19)21-17(2,3)4)11-14(10-12)16(20)22-18(5,6)7/h8-11H,1H2,2-7H3. The van der Waals surface area contributed by atoms with Crippen LogP contribution in [-0.2, 0) is 9.47 Å². The molecule has 120 valence electrons. The van der Waals surface area contributed by atoms with E-state index in [2.05, 4.69) is 6.58 Å². The lowest BCUT2D eigenvalue weighted by Crippen LogP contribution is -2.25. The first kappa shape index (κ1) is 18.0. The molecule has 1 aromatic carbocycles. The van der Waals surface area contributed by atoms with Gasteiger partial charge >= 0.3 is 11.9 Å². The SMILES string of the molecule is C=Cc1cc(C(=O)OC(C)(C)C)cc(C(=O)OC(C)(C)C)c1. The summed E-state index contributed by atoms with van der Waals surface area (Å²) in [5.41, 5.74) is 0.0475. The van der Waals surface area contributed by atoms with Crippen LogP contribution < -0.4 is 0 Å². The van der Waals surface area contributed by atoms with Crippen molar-refractivity contribution in [2.24, 2.45) is 0 Å². The van der Waals surface area contributed by atoms with Gasteiger partial charge in [0.15, 0.2) is 0 Å². The summed E-state index contributed by atoms with van der Waals surface area (Å²) in [7, 11) is 0. The molecular formula is C18H24O4. The van der Waals surface area contributed by atoms with Gasteiger partial charge in [0.05, 0.1) is 11.1 Å². The number of rotatable bonds is 3. The van der Waals surface area contributed by atoms with Crippen LogP contribution >= 0.6 is 0 Å². The predicted octanol–water partition coefficient (Wildman–Crippen LogP) is 4.24. The second-order valence-electron chi connectivity index (χ2n) is 7.05. The maximum atomic E-state index is 12.2. The van der Waals surface area contributed by atoms with Gasteiger partial charge in [-0.15, -0.1) is 0 Å². The van der Waals surface area contributed by atoms with E-state index in [1.54, 1.807) is 59.8 Å². The van der Waals surface area contributed by atoms with Gasteiger partial charge in [0.25, 0.3) is 0 Å². The zero-order chi connectivity index (χ0) is 17.1. The first-order valence-corrected chi connectivity index (χ1v) is 7.15. The van der Waals surface area contributed by atoms with Gasteiger partial charge in [-0.1, -0.05) is 12.7 Å². The third-order valence-corrected chi connectivity index (χ3v) is 2.46.